The molecule has 0 saturated heterocycles. The Labute approximate surface area is 98.4 Å². The van der Waals surface area contributed by atoms with E-state index in [0.29, 0.717) is 5.82 Å². The summed E-state index contributed by atoms with van der Waals surface area (Å²) in [4.78, 5) is 5.58. The summed E-state index contributed by atoms with van der Waals surface area (Å²) in [7, 11) is 1.59. The first-order chi connectivity index (χ1) is 7.85. The molecule has 6 heteroatoms. The van der Waals surface area contributed by atoms with Gasteiger partial charge in [0.2, 0.25) is 0 Å². The highest BCUT2D eigenvalue weighted by Crippen LogP contribution is 2.23. The third-order valence-corrected chi connectivity index (χ3v) is 2.56. The number of nitrogens with zero attached hydrogens (tertiary/aromatic N) is 2. The molecule has 0 atom stereocenters. The number of anilines is 1. The lowest BCUT2D eigenvalue weighted by molar-refractivity contribution is -0.132. The van der Waals surface area contributed by atoms with Gasteiger partial charge in [-0.2, -0.15) is 13.2 Å². The lowest BCUT2D eigenvalue weighted by atomic mass is 10.1. The second kappa shape index (κ2) is 5.35. The van der Waals surface area contributed by atoms with E-state index in [1.807, 2.05) is 6.92 Å². The van der Waals surface area contributed by atoms with Crippen LogP contribution in [-0.4, -0.2) is 24.8 Å². The van der Waals surface area contributed by atoms with Gasteiger partial charge in [-0.05, 0) is 18.6 Å². The van der Waals surface area contributed by atoms with Crippen molar-refractivity contribution in [3.8, 4) is 0 Å². The molecule has 0 spiro atoms. The summed E-state index contributed by atoms with van der Waals surface area (Å²) >= 11 is 0. The number of alkyl halides is 3. The van der Waals surface area contributed by atoms with Crippen molar-refractivity contribution in [3.63, 3.8) is 0 Å². The Bertz CT molecular complexity index is 377. The van der Waals surface area contributed by atoms with Crippen LogP contribution in [0.5, 0.6) is 0 Å². The van der Waals surface area contributed by atoms with Gasteiger partial charge >= 0.3 is 6.18 Å². The molecule has 1 aromatic heterocycles. The predicted octanol–water partition coefficient (Wildman–Crippen LogP) is 2.24. The van der Waals surface area contributed by atoms with Gasteiger partial charge in [0.25, 0.3) is 0 Å². The number of pyridine rings is 1. The van der Waals surface area contributed by atoms with Gasteiger partial charge in [0.05, 0.1) is 6.42 Å². The van der Waals surface area contributed by atoms with Gasteiger partial charge in [0, 0.05) is 31.9 Å². The van der Waals surface area contributed by atoms with Crippen molar-refractivity contribution in [1.29, 1.82) is 0 Å². The minimum atomic E-state index is -4.15. The molecule has 0 aromatic carbocycles. The molecule has 0 aliphatic heterocycles. The average molecular weight is 247 g/mol. The molecule has 0 saturated carbocycles. The highest BCUT2D eigenvalue weighted by Gasteiger charge is 2.27. The monoisotopic (exact) mass is 247 g/mol. The third kappa shape index (κ3) is 3.89. The van der Waals surface area contributed by atoms with Crippen LogP contribution in [0.2, 0.25) is 0 Å². The van der Waals surface area contributed by atoms with E-state index in [1.54, 1.807) is 19.3 Å². The number of aryl methyl sites for hydroxylation is 1. The Kier molecular flexibility index (Phi) is 4.34. The lowest BCUT2D eigenvalue weighted by Crippen LogP contribution is -2.26. The van der Waals surface area contributed by atoms with Crippen LogP contribution in [0.15, 0.2) is 12.3 Å². The summed E-state index contributed by atoms with van der Waals surface area (Å²) in [6.07, 6.45) is -3.43. The van der Waals surface area contributed by atoms with E-state index in [4.69, 9.17) is 5.73 Å². The largest absolute Gasteiger partial charge is 0.390 e. The van der Waals surface area contributed by atoms with Crippen LogP contribution < -0.4 is 10.6 Å². The number of rotatable bonds is 4. The van der Waals surface area contributed by atoms with Gasteiger partial charge in [-0.15, -0.1) is 0 Å². The first-order valence-corrected chi connectivity index (χ1v) is 5.27. The summed E-state index contributed by atoms with van der Waals surface area (Å²) in [5, 5.41) is 0. The van der Waals surface area contributed by atoms with Gasteiger partial charge in [0.1, 0.15) is 5.82 Å². The van der Waals surface area contributed by atoms with E-state index in [2.05, 4.69) is 4.98 Å². The molecule has 0 unspecified atom stereocenters. The summed E-state index contributed by atoms with van der Waals surface area (Å²) < 4.78 is 36.4. The van der Waals surface area contributed by atoms with E-state index >= 15 is 0 Å². The summed E-state index contributed by atoms with van der Waals surface area (Å²) in [5.41, 5.74) is 7.31. The zero-order chi connectivity index (χ0) is 13.1. The molecule has 17 heavy (non-hydrogen) atoms. The fourth-order valence-electron chi connectivity index (χ4n) is 1.56. The number of hydrogen-bond donors (Lipinski definition) is 1. The minimum Gasteiger partial charge on any atom is -0.359 e. The maximum atomic E-state index is 12.1. The predicted molar refractivity (Wildman–Crippen MR) is 60.8 cm³/mol. The van der Waals surface area contributed by atoms with Gasteiger partial charge in [0.15, 0.2) is 0 Å². The van der Waals surface area contributed by atoms with E-state index in [9.17, 15) is 13.2 Å². The van der Waals surface area contributed by atoms with Crippen LogP contribution in [-0.2, 0) is 6.54 Å². The molecule has 2 N–H and O–H groups in total. The summed E-state index contributed by atoms with van der Waals surface area (Å²) in [6, 6.07) is 1.79. The van der Waals surface area contributed by atoms with Crippen LogP contribution in [0.3, 0.4) is 0 Å². The highest BCUT2D eigenvalue weighted by molar-refractivity contribution is 5.49. The summed E-state index contributed by atoms with van der Waals surface area (Å²) in [5.74, 6) is 0.525. The molecule has 0 amide bonds. The number of hydrogen-bond acceptors (Lipinski definition) is 3. The molecule has 96 valence electrons. The van der Waals surface area contributed by atoms with E-state index in [0.717, 1.165) is 11.1 Å². The van der Waals surface area contributed by atoms with E-state index < -0.39 is 12.6 Å². The maximum Gasteiger partial charge on any atom is 0.390 e. The fraction of sp³-hybridized carbons (Fsp3) is 0.545. The van der Waals surface area contributed by atoms with Gasteiger partial charge in [-0.3, -0.25) is 0 Å². The first-order valence-electron chi connectivity index (χ1n) is 5.27. The van der Waals surface area contributed by atoms with Crippen molar-refractivity contribution in [3.05, 3.63) is 23.4 Å². The van der Waals surface area contributed by atoms with Crippen molar-refractivity contribution in [2.75, 3.05) is 18.5 Å². The molecular weight excluding hydrogens is 231 g/mol. The van der Waals surface area contributed by atoms with Crippen LogP contribution in [0.1, 0.15) is 17.5 Å². The zero-order valence-electron chi connectivity index (χ0n) is 9.88. The van der Waals surface area contributed by atoms with Crippen molar-refractivity contribution in [2.45, 2.75) is 26.1 Å². The van der Waals surface area contributed by atoms with E-state index in [1.165, 1.54) is 4.90 Å². The Morgan fingerprint density at radius 2 is 2.06 bits per heavy atom. The molecule has 0 aliphatic carbocycles. The normalized spacial score (nSPS) is 11.6. The Hall–Kier alpha value is -1.30. The minimum absolute atomic E-state index is 0.118. The number of aromatic nitrogens is 1. The molecule has 0 radical (unpaired) electrons. The smallest absolute Gasteiger partial charge is 0.359 e. The molecule has 1 rings (SSSR count). The van der Waals surface area contributed by atoms with Crippen LogP contribution in [0.25, 0.3) is 0 Å². The highest BCUT2D eigenvalue weighted by atomic mass is 19.4. The average Bonchev–Trinajstić information content (AvgIpc) is 2.24. The van der Waals surface area contributed by atoms with Crippen LogP contribution in [0.4, 0.5) is 19.0 Å². The van der Waals surface area contributed by atoms with Crippen molar-refractivity contribution >= 4 is 5.82 Å². The standard InChI is InChI=1S/C11H16F3N3/c1-8-3-5-16-10(9(8)7-15)17(2)6-4-11(12,13)14/h3,5H,4,6-7,15H2,1-2H3. The van der Waals surface area contributed by atoms with Gasteiger partial charge < -0.3 is 10.6 Å². The molecule has 3 nitrogen and oxygen atoms in total. The molecule has 1 heterocycles. The van der Waals surface area contributed by atoms with Crippen LogP contribution in [0, 0.1) is 6.92 Å². The quantitative estimate of drug-likeness (QED) is 0.887. The van der Waals surface area contributed by atoms with Gasteiger partial charge in [-0.1, -0.05) is 0 Å². The number of nitrogens with two attached hydrogens (primary N) is 1. The van der Waals surface area contributed by atoms with Crippen LogP contribution >= 0.6 is 0 Å². The molecular formula is C11H16F3N3. The van der Waals surface area contributed by atoms with Crippen molar-refractivity contribution < 1.29 is 13.2 Å². The molecule has 1 aromatic rings. The zero-order valence-corrected chi connectivity index (χ0v) is 9.88. The van der Waals surface area contributed by atoms with Crippen molar-refractivity contribution in [1.82, 2.24) is 4.98 Å². The Morgan fingerprint density at radius 3 is 2.59 bits per heavy atom. The SMILES string of the molecule is Cc1ccnc(N(C)CCC(F)(F)F)c1CN. The Balaban J connectivity index is 2.82. The van der Waals surface area contributed by atoms with Crippen molar-refractivity contribution in [2.24, 2.45) is 5.73 Å². The first kappa shape index (κ1) is 13.8. The van der Waals surface area contributed by atoms with E-state index in [-0.39, 0.29) is 13.1 Å². The molecule has 0 bridgehead atoms. The Morgan fingerprint density at radius 1 is 1.41 bits per heavy atom. The lowest BCUT2D eigenvalue weighted by Gasteiger charge is -2.22. The molecule has 0 aliphatic rings. The fourth-order valence-corrected chi connectivity index (χ4v) is 1.56. The second-order valence-corrected chi connectivity index (χ2v) is 3.92. The third-order valence-electron chi connectivity index (χ3n) is 2.56. The molecule has 0 fully saturated rings. The summed E-state index contributed by atoms with van der Waals surface area (Å²) in [6.45, 7) is 2.02. The maximum absolute atomic E-state index is 12.1. The topological polar surface area (TPSA) is 42.2 Å². The number of halogens is 3. The van der Waals surface area contributed by atoms with Gasteiger partial charge in [-0.25, -0.2) is 4.98 Å². The second-order valence-electron chi connectivity index (χ2n) is 3.92.